The molecule has 5 heteroatoms. The molecule has 0 unspecified atom stereocenters. The minimum atomic E-state index is -0.0851. The lowest BCUT2D eigenvalue weighted by molar-refractivity contribution is -0.121. The number of halogens is 1. The summed E-state index contributed by atoms with van der Waals surface area (Å²) in [7, 11) is 0. The molecule has 0 spiro atoms. The molecule has 102 valence electrons. The number of nitrogens with zero attached hydrogens (tertiary/aromatic N) is 1. The molecule has 2 N–H and O–H groups in total. The lowest BCUT2D eigenvalue weighted by atomic mass is 10.1. The second-order valence-corrected chi connectivity index (χ2v) is 5.06. The first-order valence-corrected chi connectivity index (χ1v) is 6.58. The fourth-order valence-corrected chi connectivity index (χ4v) is 2.29. The van der Waals surface area contributed by atoms with Crippen molar-refractivity contribution < 1.29 is 9.53 Å². The van der Waals surface area contributed by atoms with Gasteiger partial charge in [-0.1, -0.05) is 23.7 Å². The number of hydrogen-bond donors (Lipinski definition) is 1. The maximum atomic E-state index is 12.1. The molecule has 0 fully saturated rings. The summed E-state index contributed by atoms with van der Waals surface area (Å²) in [6.07, 6.45) is 0. The van der Waals surface area contributed by atoms with E-state index in [0.717, 1.165) is 5.56 Å². The van der Waals surface area contributed by atoms with Crippen molar-refractivity contribution in [2.24, 2.45) is 0 Å². The SMILES string of the molecule is Nc1ccc2c(c1)N(Cc1ccc(Cl)cc1)C(=O)CO2. The first kappa shape index (κ1) is 12.8. The molecule has 1 amide bonds. The van der Waals surface area contributed by atoms with Gasteiger partial charge in [0.15, 0.2) is 6.61 Å². The maximum absolute atomic E-state index is 12.1. The summed E-state index contributed by atoms with van der Waals surface area (Å²) in [6.45, 7) is 0.514. The first-order valence-electron chi connectivity index (χ1n) is 6.20. The summed E-state index contributed by atoms with van der Waals surface area (Å²) in [5, 5.41) is 0.673. The van der Waals surface area contributed by atoms with Gasteiger partial charge in [0.2, 0.25) is 0 Å². The third-order valence-electron chi connectivity index (χ3n) is 3.18. The molecule has 1 heterocycles. The first-order chi connectivity index (χ1) is 9.63. The monoisotopic (exact) mass is 288 g/mol. The normalized spacial score (nSPS) is 13.8. The fourth-order valence-electron chi connectivity index (χ4n) is 2.16. The van der Waals surface area contributed by atoms with Gasteiger partial charge in [0, 0.05) is 10.7 Å². The number of rotatable bonds is 2. The summed E-state index contributed by atoms with van der Waals surface area (Å²) in [4.78, 5) is 13.8. The van der Waals surface area contributed by atoms with E-state index < -0.39 is 0 Å². The Morgan fingerprint density at radius 3 is 2.70 bits per heavy atom. The van der Waals surface area contributed by atoms with Crippen molar-refractivity contribution in [2.45, 2.75) is 6.54 Å². The molecular weight excluding hydrogens is 276 g/mol. The maximum Gasteiger partial charge on any atom is 0.265 e. The molecule has 3 rings (SSSR count). The van der Waals surface area contributed by atoms with Crippen LogP contribution in [0.25, 0.3) is 0 Å². The van der Waals surface area contributed by atoms with Crippen molar-refractivity contribution in [3.63, 3.8) is 0 Å². The quantitative estimate of drug-likeness (QED) is 0.865. The summed E-state index contributed by atoms with van der Waals surface area (Å²) < 4.78 is 5.41. The molecule has 1 aliphatic heterocycles. The Hall–Kier alpha value is -2.20. The van der Waals surface area contributed by atoms with E-state index >= 15 is 0 Å². The molecule has 0 aliphatic carbocycles. The van der Waals surface area contributed by atoms with E-state index in [0.29, 0.717) is 28.7 Å². The molecule has 0 saturated heterocycles. The minimum Gasteiger partial charge on any atom is -0.482 e. The lowest BCUT2D eigenvalue weighted by Gasteiger charge is -2.29. The average molecular weight is 289 g/mol. The Labute approximate surface area is 121 Å². The average Bonchev–Trinajstić information content (AvgIpc) is 2.44. The van der Waals surface area contributed by atoms with Crippen LogP contribution in [0.4, 0.5) is 11.4 Å². The molecule has 0 bridgehead atoms. The van der Waals surface area contributed by atoms with Crippen molar-refractivity contribution in [3.05, 3.63) is 53.1 Å². The molecule has 4 nitrogen and oxygen atoms in total. The molecule has 0 saturated carbocycles. The van der Waals surface area contributed by atoms with Crippen LogP contribution in [0.15, 0.2) is 42.5 Å². The molecule has 0 aromatic heterocycles. The van der Waals surface area contributed by atoms with Crippen LogP contribution in [-0.4, -0.2) is 12.5 Å². The minimum absolute atomic E-state index is 0.0461. The number of fused-ring (bicyclic) bond motifs is 1. The van der Waals surface area contributed by atoms with Gasteiger partial charge in [-0.15, -0.1) is 0 Å². The van der Waals surface area contributed by atoms with Crippen molar-refractivity contribution in [3.8, 4) is 5.75 Å². The van der Waals surface area contributed by atoms with Gasteiger partial charge in [-0.2, -0.15) is 0 Å². The van der Waals surface area contributed by atoms with E-state index in [2.05, 4.69) is 0 Å². The van der Waals surface area contributed by atoms with Crippen LogP contribution in [0.5, 0.6) is 5.75 Å². The van der Waals surface area contributed by atoms with Gasteiger partial charge in [0.05, 0.1) is 12.2 Å². The van der Waals surface area contributed by atoms with E-state index in [1.165, 1.54) is 0 Å². The summed E-state index contributed by atoms with van der Waals surface area (Å²) >= 11 is 5.87. The molecule has 2 aromatic carbocycles. The largest absolute Gasteiger partial charge is 0.482 e. The van der Waals surface area contributed by atoms with E-state index in [1.54, 1.807) is 23.1 Å². The topological polar surface area (TPSA) is 55.6 Å². The number of carbonyl (C=O) groups is 1. The Bertz CT molecular complexity index is 655. The molecule has 0 atom stereocenters. The Morgan fingerprint density at radius 1 is 1.20 bits per heavy atom. The molecule has 2 aromatic rings. The fraction of sp³-hybridized carbons (Fsp3) is 0.133. The zero-order chi connectivity index (χ0) is 14.1. The number of ether oxygens (including phenoxy) is 1. The van der Waals surface area contributed by atoms with Gasteiger partial charge in [-0.05, 0) is 35.9 Å². The number of nitrogens with two attached hydrogens (primary N) is 1. The number of amides is 1. The molecular formula is C15H13ClN2O2. The van der Waals surface area contributed by atoms with Crippen LogP contribution in [0, 0.1) is 0 Å². The van der Waals surface area contributed by atoms with Crippen LogP contribution in [0.2, 0.25) is 5.02 Å². The predicted molar refractivity (Wildman–Crippen MR) is 79.0 cm³/mol. The molecule has 0 radical (unpaired) electrons. The van der Waals surface area contributed by atoms with E-state index in [-0.39, 0.29) is 12.5 Å². The van der Waals surface area contributed by atoms with E-state index in [1.807, 2.05) is 24.3 Å². The van der Waals surface area contributed by atoms with Gasteiger partial charge in [-0.25, -0.2) is 0 Å². The van der Waals surface area contributed by atoms with Crippen LogP contribution in [0.1, 0.15) is 5.56 Å². The third kappa shape index (κ3) is 2.42. The highest BCUT2D eigenvalue weighted by Crippen LogP contribution is 2.34. The lowest BCUT2D eigenvalue weighted by Crippen LogP contribution is -2.38. The number of anilines is 2. The van der Waals surface area contributed by atoms with Gasteiger partial charge < -0.3 is 15.4 Å². The van der Waals surface area contributed by atoms with Gasteiger partial charge >= 0.3 is 0 Å². The van der Waals surface area contributed by atoms with Crippen LogP contribution in [0.3, 0.4) is 0 Å². The van der Waals surface area contributed by atoms with Crippen molar-refractivity contribution in [2.75, 3.05) is 17.2 Å². The van der Waals surface area contributed by atoms with Crippen LogP contribution in [-0.2, 0) is 11.3 Å². The Morgan fingerprint density at radius 2 is 1.95 bits per heavy atom. The smallest absolute Gasteiger partial charge is 0.265 e. The van der Waals surface area contributed by atoms with Crippen molar-refractivity contribution in [1.29, 1.82) is 0 Å². The van der Waals surface area contributed by atoms with Crippen molar-refractivity contribution in [1.82, 2.24) is 0 Å². The van der Waals surface area contributed by atoms with Gasteiger partial charge in [0.25, 0.3) is 5.91 Å². The van der Waals surface area contributed by atoms with Crippen LogP contribution >= 0.6 is 11.6 Å². The highest BCUT2D eigenvalue weighted by Gasteiger charge is 2.25. The zero-order valence-corrected chi connectivity index (χ0v) is 11.4. The Balaban J connectivity index is 1.94. The molecule has 1 aliphatic rings. The highest BCUT2D eigenvalue weighted by atomic mass is 35.5. The summed E-state index contributed by atoms with van der Waals surface area (Å²) in [5.74, 6) is 0.589. The van der Waals surface area contributed by atoms with Gasteiger partial charge in [-0.3, -0.25) is 4.79 Å². The highest BCUT2D eigenvalue weighted by molar-refractivity contribution is 6.30. The van der Waals surface area contributed by atoms with Crippen molar-refractivity contribution >= 4 is 28.9 Å². The van der Waals surface area contributed by atoms with E-state index in [4.69, 9.17) is 22.1 Å². The van der Waals surface area contributed by atoms with Crippen LogP contribution < -0.4 is 15.4 Å². The summed E-state index contributed by atoms with van der Waals surface area (Å²) in [6, 6.07) is 12.7. The number of carbonyl (C=O) groups excluding carboxylic acids is 1. The van der Waals surface area contributed by atoms with E-state index in [9.17, 15) is 4.79 Å². The third-order valence-corrected chi connectivity index (χ3v) is 3.43. The van der Waals surface area contributed by atoms with Gasteiger partial charge in [0.1, 0.15) is 5.75 Å². The molecule has 20 heavy (non-hydrogen) atoms. The zero-order valence-electron chi connectivity index (χ0n) is 10.7. The second-order valence-electron chi connectivity index (χ2n) is 4.62. The predicted octanol–water partition coefficient (Wildman–Crippen LogP) is 2.85. The Kier molecular flexibility index (Phi) is 3.24. The number of benzene rings is 2. The number of hydrogen-bond acceptors (Lipinski definition) is 3. The second kappa shape index (κ2) is 5.06. The number of nitrogen functional groups attached to an aromatic ring is 1. The standard InChI is InChI=1S/C15H13ClN2O2/c16-11-3-1-10(2-4-11)8-18-13-7-12(17)5-6-14(13)20-9-15(18)19/h1-7H,8-9,17H2. The summed E-state index contributed by atoms with van der Waals surface area (Å²) in [5.41, 5.74) is 8.09.